The molecule has 0 saturated carbocycles. The molecule has 2 N–H and O–H groups in total. The second kappa shape index (κ2) is 7.04. The second-order valence-corrected chi connectivity index (χ2v) is 5.49. The second-order valence-electron chi connectivity index (χ2n) is 5.49. The lowest BCUT2D eigenvalue weighted by atomic mass is 10.2. The molecular formula is C18H19N3O3. The molecule has 124 valence electrons. The molecule has 3 amide bonds. The first kappa shape index (κ1) is 15.9. The SMILES string of the molecule is COc1ccc(NC(=O)NC2CCN(c3ccccc3)C2=O)cc1. The van der Waals surface area contributed by atoms with Crippen LogP contribution in [-0.4, -0.2) is 31.6 Å². The van der Waals surface area contributed by atoms with Crippen molar-refractivity contribution < 1.29 is 14.3 Å². The quantitative estimate of drug-likeness (QED) is 0.908. The lowest BCUT2D eigenvalue weighted by molar-refractivity contribution is -0.118. The maximum Gasteiger partial charge on any atom is 0.319 e. The Morgan fingerprint density at radius 1 is 1.12 bits per heavy atom. The molecule has 1 heterocycles. The summed E-state index contributed by atoms with van der Waals surface area (Å²) < 4.78 is 5.07. The Labute approximate surface area is 140 Å². The minimum absolute atomic E-state index is 0.0916. The zero-order valence-corrected chi connectivity index (χ0v) is 13.4. The Morgan fingerprint density at radius 2 is 1.83 bits per heavy atom. The summed E-state index contributed by atoms with van der Waals surface area (Å²) in [4.78, 5) is 26.2. The first-order valence-corrected chi connectivity index (χ1v) is 7.75. The molecule has 2 aromatic carbocycles. The summed E-state index contributed by atoms with van der Waals surface area (Å²) in [7, 11) is 1.58. The monoisotopic (exact) mass is 325 g/mol. The molecule has 0 aliphatic carbocycles. The van der Waals surface area contributed by atoms with Crippen LogP contribution >= 0.6 is 0 Å². The highest BCUT2D eigenvalue weighted by Crippen LogP contribution is 2.21. The van der Waals surface area contributed by atoms with Crippen molar-refractivity contribution in [1.82, 2.24) is 5.32 Å². The first-order valence-electron chi connectivity index (χ1n) is 7.75. The van der Waals surface area contributed by atoms with Crippen LogP contribution in [0.1, 0.15) is 6.42 Å². The van der Waals surface area contributed by atoms with Gasteiger partial charge in [-0.2, -0.15) is 0 Å². The summed E-state index contributed by atoms with van der Waals surface area (Å²) in [6, 6.07) is 15.5. The van der Waals surface area contributed by atoms with Crippen molar-refractivity contribution >= 4 is 23.3 Å². The minimum atomic E-state index is -0.511. The number of urea groups is 1. The van der Waals surface area contributed by atoms with E-state index in [0.717, 1.165) is 5.69 Å². The first-order chi connectivity index (χ1) is 11.7. The molecule has 6 heteroatoms. The van der Waals surface area contributed by atoms with Gasteiger partial charge in [0.2, 0.25) is 5.91 Å². The van der Waals surface area contributed by atoms with Crippen molar-refractivity contribution in [2.45, 2.75) is 12.5 Å². The smallest absolute Gasteiger partial charge is 0.319 e. The zero-order valence-electron chi connectivity index (χ0n) is 13.4. The van der Waals surface area contributed by atoms with Crippen molar-refractivity contribution in [2.75, 3.05) is 23.9 Å². The van der Waals surface area contributed by atoms with Crippen LogP contribution in [0.15, 0.2) is 54.6 Å². The maximum atomic E-state index is 12.4. The topological polar surface area (TPSA) is 70.7 Å². The molecular weight excluding hydrogens is 306 g/mol. The van der Waals surface area contributed by atoms with Crippen molar-refractivity contribution in [3.63, 3.8) is 0 Å². The molecule has 0 radical (unpaired) electrons. The number of para-hydroxylation sites is 1. The van der Waals surface area contributed by atoms with Crippen LogP contribution in [0.4, 0.5) is 16.2 Å². The number of hydrogen-bond donors (Lipinski definition) is 2. The molecule has 3 rings (SSSR count). The number of benzene rings is 2. The van der Waals surface area contributed by atoms with Crippen molar-refractivity contribution in [3.05, 3.63) is 54.6 Å². The van der Waals surface area contributed by atoms with Gasteiger partial charge in [-0.05, 0) is 42.8 Å². The standard InChI is InChI=1S/C18H19N3O3/c1-24-15-9-7-13(8-10-15)19-18(23)20-16-11-12-21(17(16)22)14-5-3-2-4-6-14/h2-10,16H,11-12H2,1H3,(H2,19,20,23). The Balaban J connectivity index is 1.58. The third kappa shape index (κ3) is 3.48. The molecule has 1 saturated heterocycles. The van der Waals surface area contributed by atoms with Gasteiger partial charge in [0.05, 0.1) is 7.11 Å². The fraction of sp³-hybridized carbons (Fsp3) is 0.222. The molecule has 0 spiro atoms. The minimum Gasteiger partial charge on any atom is -0.497 e. The van der Waals surface area contributed by atoms with Crippen LogP contribution in [0.5, 0.6) is 5.75 Å². The number of anilines is 2. The number of hydrogen-bond acceptors (Lipinski definition) is 3. The molecule has 2 aromatic rings. The van der Waals surface area contributed by atoms with E-state index in [-0.39, 0.29) is 5.91 Å². The van der Waals surface area contributed by atoms with E-state index in [1.165, 1.54) is 0 Å². The average molecular weight is 325 g/mol. The number of amides is 3. The van der Waals surface area contributed by atoms with Gasteiger partial charge < -0.3 is 20.3 Å². The molecule has 24 heavy (non-hydrogen) atoms. The molecule has 6 nitrogen and oxygen atoms in total. The summed E-state index contributed by atoms with van der Waals surface area (Å²) in [5.74, 6) is 0.622. The summed E-state index contributed by atoms with van der Waals surface area (Å²) in [6.45, 7) is 0.594. The van der Waals surface area contributed by atoms with Crippen molar-refractivity contribution in [3.8, 4) is 5.75 Å². The van der Waals surface area contributed by atoms with E-state index >= 15 is 0 Å². The van der Waals surface area contributed by atoms with E-state index in [9.17, 15) is 9.59 Å². The Morgan fingerprint density at radius 3 is 2.50 bits per heavy atom. The number of methoxy groups -OCH3 is 1. The summed E-state index contributed by atoms with van der Waals surface area (Å²) in [5, 5.41) is 5.45. The maximum absolute atomic E-state index is 12.4. The van der Waals surface area contributed by atoms with E-state index in [1.807, 2.05) is 30.3 Å². The van der Waals surface area contributed by atoms with Gasteiger partial charge in [0.25, 0.3) is 0 Å². The summed E-state index contributed by atoms with van der Waals surface area (Å²) in [6.07, 6.45) is 0.587. The van der Waals surface area contributed by atoms with E-state index in [4.69, 9.17) is 4.74 Å². The highest BCUT2D eigenvalue weighted by molar-refractivity contribution is 6.02. The number of carbonyl (C=O) groups is 2. The number of carbonyl (C=O) groups excluding carboxylic acids is 2. The molecule has 1 aliphatic rings. The van der Waals surface area contributed by atoms with E-state index in [2.05, 4.69) is 10.6 Å². The predicted molar refractivity (Wildman–Crippen MR) is 92.3 cm³/mol. The van der Waals surface area contributed by atoms with Crippen molar-refractivity contribution in [2.24, 2.45) is 0 Å². The van der Waals surface area contributed by atoms with Crippen LogP contribution in [0, 0.1) is 0 Å². The third-order valence-electron chi connectivity index (χ3n) is 3.93. The normalized spacial score (nSPS) is 16.8. The highest BCUT2D eigenvalue weighted by atomic mass is 16.5. The van der Waals surface area contributed by atoms with Crippen molar-refractivity contribution in [1.29, 1.82) is 0 Å². The van der Waals surface area contributed by atoms with Gasteiger partial charge in [0.1, 0.15) is 11.8 Å². The molecule has 0 bridgehead atoms. The summed E-state index contributed by atoms with van der Waals surface area (Å²) >= 11 is 0. The summed E-state index contributed by atoms with van der Waals surface area (Å²) in [5.41, 5.74) is 1.49. The van der Waals surface area contributed by atoms with Crippen LogP contribution in [0.3, 0.4) is 0 Å². The highest BCUT2D eigenvalue weighted by Gasteiger charge is 2.33. The van der Waals surface area contributed by atoms with Crippen LogP contribution in [0.2, 0.25) is 0 Å². The van der Waals surface area contributed by atoms with Crippen LogP contribution in [-0.2, 0) is 4.79 Å². The van der Waals surface area contributed by atoms with Crippen LogP contribution in [0.25, 0.3) is 0 Å². The van der Waals surface area contributed by atoms with E-state index in [0.29, 0.717) is 24.4 Å². The predicted octanol–water partition coefficient (Wildman–Crippen LogP) is 2.62. The number of nitrogens with one attached hydrogen (secondary N) is 2. The molecule has 1 atom stereocenters. The molecule has 1 fully saturated rings. The lowest BCUT2D eigenvalue weighted by Gasteiger charge is -2.17. The zero-order chi connectivity index (χ0) is 16.9. The van der Waals surface area contributed by atoms with Gasteiger partial charge in [-0.3, -0.25) is 4.79 Å². The van der Waals surface area contributed by atoms with Gasteiger partial charge in [-0.1, -0.05) is 18.2 Å². The Kier molecular flexibility index (Phi) is 4.65. The largest absolute Gasteiger partial charge is 0.497 e. The van der Waals surface area contributed by atoms with Gasteiger partial charge in [0, 0.05) is 17.9 Å². The molecule has 0 aromatic heterocycles. The van der Waals surface area contributed by atoms with E-state index < -0.39 is 12.1 Å². The number of nitrogens with zero attached hydrogens (tertiary/aromatic N) is 1. The number of ether oxygens (including phenoxy) is 1. The lowest BCUT2D eigenvalue weighted by Crippen LogP contribution is -2.43. The Hall–Kier alpha value is -3.02. The molecule has 1 aliphatic heterocycles. The van der Waals surface area contributed by atoms with E-state index in [1.54, 1.807) is 36.3 Å². The fourth-order valence-electron chi connectivity index (χ4n) is 2.68. The average Bonchev–Trinajstić information content (AvgIpc) is 2.97. The molecule has 1 unspecified atom stereocenters. The number of rotatable bonds is 4. The fourth-order valence-corrected chi connectivity index (χ4v) is 2.68. The van der Waals surface area contributed by atoms with Gasteiger partial charge in [0.15, 0.2) is 0 Å². The van der Waals surface area contributed by atoms with Gasteiger partial charge in [-0.15, -0.1) is 0 Å². The van der Waals surface area contributed by atoms with Crippen LogP contribution < -0.4 is 20.3 Å². The van der Waals surface area contributed by atoms with Gasteiger partial charge >= 0.3 is 6.03 Å². The van der Waals surface area contributed by atoms with Gasteiger partial charge in [-0.25, -0.2) is 4.79 Å². The Bertz CT molecular complexity index is 716. The third-order valence-corrected chi connectivity index (χ3v) is 3.93.